The molecule has 0 saturated heterocycles. The molecule has 7 heteroatoms. The molecule has 0 aliphatic carbocycles. The number of primary amides is 1. The van der Waals surface area contributed by atoms with Crippen molar-refractivity contribution >= 4 is 31.5 Å². The Hall–Kier alpha value is -1.27. The van der Waals surface area contributed by atoms with Crippen molar-refractivity contribution in [1.29, 1.82) is 0 Å². The summed E-state index contributed by atoms with van der Waals surface area (Å²) in [6.45, 7) is 1.60. The Balaban J connectivity index is 3.23. The maximum absolute atomic E-state index is 11.1. The highest BCUT2D eigenvalue weighted by atomic mass is 35.7. The molecular formula is C8H9ClN2O3S. The van der Waals surface area contributed by atoms with Crippen LogP contribution in [0.4, 0.5) is 10.5 Å². The van der Waals surface area contributed by atoms with E-state index < -0.39 is 15.1 Å². The van der Waals surface area contributed by atoms with E-state index in [4.69, 9.17) is 16.4 Å². The third kappa shape index (κ3) is 3.10. The lowest BCUT2D eigenvalue weighted by atomic mass is 10.2. The number of rotatable bonds is 2. The summed E-state index contributed by atoms with van der Waals surface area (Å²) in [5.74, 6) is 0. The van der Waals surface area contributed by atoms with Crippen molar-refractivity contribution in [1.82, 2.24) is 0 Å². The lowest BCUT2D eigenvalue weighted by Gasteiger charge is -2.05. The van der Waals surface area contributed by atoms with E-state index in [2.05, 4.69) is 5.32 Å². The number of anilines is 1. The highest BCUT2D eigenvalue weighted by Crippen LogP contribution is 2.23. The van der Waals surface area contributed by atoms with E-state index in [1.165, 1.54) is 18.2 Å². The van der Waals surface area contributed by atoms with Crippen LogP contribution in [-0.4, -0.2) is 14.4 Å². The molecule has 82 valence electrons. The van der Waals surface area contributed by atoms with Gasteiger partial charge in [-0.3, -0.25) is 0 Å². The molecule has 15 heavy (non-hydrogen) atoms. The molecule has 0 aromatic heterocycles. The molecule has 0 saturated carbocycles. The van der Waals surface area contributed by atoms with Gasteiger partial charge in [0.15, 0.2) is 0 Å². The first-order valence-corrected chi connectivity index (χ1v) is 6.23. The predicted octanol–water partition coefficient (Wildman–Crippen LogP) is 1.41. The molecule has 3 N–H and O–H groups in total. The van der Waals surface area contributed by atoms with Gasteiger partial charge in [-0.05, 0) is 24.6 Å². The van der Waals surface area contributed by atoms with Gasteiger partial charge in [-0.15, -0.1) is 0 Å². The fraction of sp³-hybridized carbons (Fsp3) is 0.125. The Kier molecular flexibility index (Phi) is 3.21. The van der Waals surface area contributed by atoms with Gasteiger partial charge in [-0.2, -0.15) is 0 Å². The predicted molar refractivity (Wildman–Crippen MR) is 57.4 cm³/mol. The minimum absolute atomic E-state index is 0.0459. The topological polar surface area (TPSA) is 89.3 Å². The van der Waals surface area contributed by atoms with Gasteiger partial charge in [0.25, 0.3) is 9.05 Å². The van der Waals surface area contributed by atoms with Gasteiger partial charge < -0.3 is 11.1 Å². The van der Waals surface area contributed by atoms with Crippen molar-refractivity contribution in [2.24, 2.45) is 5.73 Å². The van der Waals surface area contributed by atoms with Crippen LogP contribution in [0.25, 0.3) is 0 Å². The lowest BCUT2D eigenvalue weighted by molar-refractivity contribution is 0.259. The van der Waals surface area contributed by atoms with E-state index in [-0.39, 0.29) is 10.6 Å². The van der Waals surface area contributed by atoms with Gasteiger partial charge in [0, 0.05) is 16.4 Å². The maximum Gasteiger partial charge on any atom is 0.316 e. The first kappa shape index (κ1) is 11.8. The first-order chi connectivity index (χ1) is 6.80. The number of benzene rings is 1. The zero-order valence-corrected chi connectivity index (χ0v) is 9.39. The van der Waals surface area contributed by atoms with E-state index >= 15 is 0 Å². The average molecular weight is 249 g/mol. The zero-order chi connectivity index (χ0) is 11.6. The minimum Gasteiger partial charge on any atom is -0.351 e. The molecule has 0 aliphatic rings. The van der Waals surface area contributed by atoms with Crippen LogP contribution >= 0.6 is 10.7 Å². The number of urea groups is 1. The van der Waals surface area contributed by atoms with E-state index in [0.29, 0.717) is 5.56 Å². The quantitative estimate of drug-likeness (QED) is 0.776. The third-order valence-electron chi connectivity index (χ3n) is 1.72. The number of nitrogens with two attached hydrogens (primary N) is 1. The van der Waals surface area contributed by atoms with Gasteiger partial charge >= 0.3 is 6.03 Å². The maximum atomic E-state index is 11.1. The van der Waals surface area contributed by atoms with Crippen LogP contribution in [0.3, 0.4) is 0 Å². The van der Waals surface area contributed by atoms with Crippen LogP contribution in [-0.2, 0) is 9.05 Å². The Bertz CT molecular complexity index is 499. The number of hydrogen-bond donors (Lipinski definition) is 2. The largest absolute Gasteiger partial charge is 0.351 e. The summed E-state index contributed by atoms with van der Waals surface area (Å²) >= 11 is 0. The van der Waals surface area contributed by atoms with Crippen molar-refractivity contribution in [3.8, 4) is 0 Å². The second-order valence-corrected chi connectivity index (χ2v) is 5.44. The number of nitrogens with one attached hydrogen (secondary N) is 1. The van der Waals surface area contributed by atoms with Crippen LogP contribution < -0.4 is 11.1 Å². The Morgan fingerprint density at radius 2 is 2.07 bits per heavy atom. The highest BCUT2D eigenvalue weighted by Gasteiger charge is 2.14. The summed E-state index contributed by atoms with van der Waals surface area (Å²) in [5, 5.41) is 2.26. The summed E-state index contributed by atoms with van der Waals surface area (Å²) in [5.41, 5.74) is 5.67. The molecule has 1 rings (SSSR count). The summed E-state index contributed by atoms with van der Waals surface area (Å²) < 4.78 is 22.2. The fourth-order valence-corrected chi connectivity index (χ4v) is 2.30. The first-order valence-electron chi connectivity index (χ1n) is 3.92. The van der Waals surface area contributed by atoms with Crippen LogP contribution in [0.2, 0.25) is 0 Å². The van der Waals surface area contributed by atoms with Crippen molar-refractivity contribution in [2.45, 2.75) is 11.8 Å². The third-order valence-corrected chi connectivity index (χ3v) is 3.18. The summed E-state index contributed by atoms with van der Waals surface area (Å²) in [6, 6.07) is 3.55. The molecule has 0 heterocycles. The van der Waals surface area contributed by atoms with Gasteiger partial charge in [-0.25, -0.2) is 13.2 Å². The van der Waals surface area contributed by atoms with Crippen molar-refractivity contribution in [3.05, 3.63) is 23.8 Å². The van der Waals surface area contributed by atoms with Crippen molar-refractivity contribution in [3.63, 3.8) is 0 Å². The van der Waals surface area contributed by atoms with Gasteiger partial charge in [0.1, 0.15) is 0 Å². The van der Waals surface area contributed by atoms with Crippen LogP contribution in [0.15, 0.2) is 23.1 Å². The number of carbonyl (C=O) groups is 1. The number of aryl methyl sites for hydroxylation is 1. The van der Waals surface area contributed by atoms with E-state index in [0.717, 1.165) is 0 Å². The van der Waals surface area contributed by atoms with Crippen LogP contribution in [0.5, 0.6) is 0 Å². The summed E-state index contributed by atoms with van der Waals surface area (Å²) in [4.78, 5) is 10.5. The second kappa shape index (κ2) is 4.08. The molecule has 0 fully saturated rings. The molecule has 1 aromatic carbocycles. The molecule has 5 nitrogen and oxygen atoms in total. The van der Waals surface area contributed by atoms with Crippen molar-refractivity contribution in [2.75, 3.05) is 5.32 Å². The molecule has 0 aliphatic heterocycles. The minimum atomic E-state index is -3.81. The second-order valence-electron chi connectivity index (χ2n) is 2.91. The molecular weight excluding hydrogens is 240 g/mol. The molecule has 2 amide bonds. The van der Waals surface area contributed by atoms with Crippen LogP contribution in [0, 0.1) is 6.92 Å². The van der Waals surface area contributed by atoms with E-state index in [1.807, 2.05) is 0 Å². The highest BCUT2D eigenvalue weighted by molar-refractivity contribution is 8.13. The normalized spacial score (nSPS) is 11.1. The molecule has 0 spiro atoms. The number of amides is 2. The molecule has 0 bridgehead atoms. The zero-order valence-electron chi connectivity index (χ0n) is 7.82. The monoisotopic (exact) mass is 248 g/mol. The standard InChI is InChI=1S/C8H9ClN2O3S/c1-5-2-3-6(11-8(10)12)4-7(5)15(9,13)14/h2-4H,1H3,(H3,10,11,12). The van der Waals surface area contributed by atoms with Crippen molar-refractivity contribution < 1.29 is 13.2 Å². The summed E-state index contributed by atoms with van der Waals surface area (Å²) in [7, 11) is 1.39. The van der Waals surface area contributed by atoms with Gasteiger partial charge in [0.05, 0.1) is 4.90 Å². The summed E-state index contributed by atoms with van der Waals surface area (Å²) in [6.07, 6.45) is 0. The molecule has 0 unspecified atom stereocenters. The average Bonchev–Trinajstić information content (AvgIpc) is 2.05. The molecule has 1 aromatic rings. The smallest absolute Gasteiger partial charge is 0.316 e. The number of halogens is 1. The number of carbonyl (C=O) groups excluding carboxylic acids is 1. The van der Waals surface area contributed by atoms with Crippen LogP contribution in [0.1, 0.15) is 5.56 Å². The Morgan fingerprint density at radius 1 is 1.47 bits per heavy atom. The Morgan fingerprint density at radius 3 is 2.53 bits per heavy atom. The Labute approximate surface area is 91.6 Å². The SMILES string of the molecule is Cc1ccc(NC(N)=O)cc1S(=O)(=O)Cl. The van der Waals surface area contributed by atoms with Gasteiger partial charge in [0.2, 0.25) is 0 Å². The van der Waals surface area contributed by atoms with E-state index in [1.54, 1.807) is 6.92 Å². The number of hydrogen-bond acceptors (Lipinski definition) is 3. The van der Waals surface area contributed by atoms with Gasteiger partial charge in [-0.1, -0.05) is 6.07 Å². The van der Waals surface area contributed by atoms with E-state index in [9.17, 15) is 13.2 Å². The lowest BCUT2D eigenvalue weighted by Crippen LogP contribution is -2.19. The molecule has 0 radical (unpaired) electrons. The fourth-order valence-electron chi connectivity index (χ4n) is 1.08. The molecule has 0 atom stereocenters.